The Hall–Kier alpha value is -1.94. The minimum absolute atomic E-state index is 0.108. The number of carbonyl (C=O) groups excluding carboxylic acids is 4. The number of phosphoric ester groups is 2. The van der Waals surface area contributed by atoms with Crippen LogP contribution in [0.15, 0.2) is 0 Å². The Kier molecular flexibility index (Phi) is 69.3. The topological polar surface area (TPSA) is 237 Å². The Morgan fingerprint density at radius 3 is 0.694 bits per heavy atom. The summed E-state index contributed by atoms with van der Waals surface area (Å²) in [5.74, 6) is -0.619. The molecule has 98 heavy (non-hydrogen) atoms. The molecule has 19 heteroatoms. The second kappa shape index (κ2) is 70.7. The van der Waals surface area contributed by atoms with Crippen LogP contribution in [0, 0.1) is 11.8 Å². The molecule has 0 bridgehead atoms. The van der Waals surface area contributed by atoms with E-state index < -0.39 is 97.5 Å². The van der Waals surface area contributed by atoms with Crippen molar-refractivity contribution in [3.05, 3.63) is 0 Å². The van der Waals surface area contributed by atoms with E-state index in [9.17, 15) is 43.2 Å². The third-order valence-electron chi connectivity index (χ3n) is 18.5. The Morgan fingerprint density at radius 2 is 0.469 bits per heavy atom. The van der Waals surface area contributed by atoms with Crippen LogP contribution < -0.4 is 0 Å². The molecule has 0 aromatic heterocycles. The number of hydrogen-bond donors (Lipinski definition) is 3. The van der Waals surface area contributed by atoms with Gasteiger partial charge in [-0.15, -0.1) is 0 Å². The largest absolute Gasteiger partial charge is 0.472 e. The zero-order valence-corrected chi connectivity index (χ0v) is 65.9. The van der Waals surface area contributed by atoms with Gasteiger partial charge in [0.1, 0.15) is 19.3 Å². The van der Waals surface area contributed by atoms with E-state index in [0.717, 1.165) is 102 Å². The molecule has 0 aliphatic heterocycles. The van der Waals surface area contributed by atoms with Crippen LogP contribution in [0.1, 0.15) is 414 Å². The molecule has 0 heterocycles. The van der Waals surface area contributed by atoms with E-state index in [1.165, 1.54) is 225 Å². The fourth-order valence-corrected chi connectivity index (χ4v) is 13.8. The van der Waals surface area contributed by atoms with E-state index in [-0.39, 0.29) is 25.7 Å². The number of rotatable bonds is 78. The summed E-state index contributed by atoms with van der Waals surface area (Å²) >= 11 is 0. The molecule has 2 unspecified atom stereocenters. The fraction of sp³-hybridized carbons (Fsp3) is 0.949. The van der Waals surface area contributed by atoms with E-state index in [1.54, 1.807) is 0 Å². The summed E-state index contributed by atoms with van der Waals surface area (Å²) < 4.78 is 68.7. The van der Waals surface area contributed by atoms with Crippen molar-refractivity contribution in [2.45, 2.75) is 432 Å². The molecule has 0 aliphatic rings. The van der Waals surface area contributed by atoms with Gasteiger partial charge in [-0.25, -0.2) is 9.13 Å². The molecule has 0 amide bonds. The third kappa shape index (κ3) is 72.4. The molecule has 582 valence electrons. The van der Waals surface area contributed by atoms with Gasteiger partial charge in [0.25, 0.3) is 0 Å². The van der Waals surface area contributed by atoms with Crippen LogP contribution in [-0.4, -0.2) is 96.7 Å². The first-order valence-electron chi connectivity index (χ1n) is 41.0. The molecule has 3 N–H and O–H groups in total. The summed E-state index contributed by atoms with van der Waals surface area (Å²) in [6, 6.07) is 0. The van der Waals surface area contributed by atoms with Crippen molar-refractivity contribution >= 4 is 39.5 Å². The zero-order chi connectivity index (χ0) is 72.1. The molecule has 0 radical (unpaired) electrons. The highest BCUT2D eigenvalue weighted by Crippen LogP contribution is 2.45. The zero-order valence-electron chi connectivity index (χ0n) is 64.1. The lowest BCUT2D eigenvalue weighted by Gasteiger charge is -2.21. The van der Waals surface area contributed by atoms with Crippen molar-refractivity contribution in [3.8, 4) is 0 Å². The Labute approximate surface area is 600 Å². The number of phosphoric acid groups is 2. The Morgan fingerprint density at radius 1 is 0.276 bits per heavy atom. The number of ether oxygens (including phenoxy) is 4. The Bertz CT molecular complexity index is 1890. The number of unbranched alkanes of at least 4 members (excludes halogenated alkanes) is 48. The number of hydrogen-bond acceptors (Lipinski definition) is 15. The number of aliphatic hydroxyl groups is 1. The van der Waals surface area contributed by atoms with Gasteiger partial charge in [0, 0.05) is 25.7 Å². The van der Waals surface area contributed by atoms with E-state index in [1.807, 2.05) is 0 Å². The molecule has 0 aliphatic carbocycles. The summed E-state index contributed by atoms with van der Waals surface area (Å²) in [6.07, 6.45) is 59.6. The van der Waals surface area contributed by atoms with Gasteiger partial charge in [0.05, 0.1) is 26.4 Å². The minimum atomic E-state index is -4.96. The van der Waals surface area contributed by atoms with Gasteiger partial charge < -0.3 is 33.8 Å². The standard InChI is InChI=1S/C79H154O17P2/c1-7-9-11-13-15-17-19-21-23-25-29-33-37-43-49-55-61-76(81)89-67-74(95-78(83)64-58-52-45-39-35-31-27-28-32-36-41-47-53-59-71(3)4)69-93-97(85,86)91-65-73(80)66-92-98(87,88)94-70-75(68-90-77(82)62-56-50-46-40-42-48-54-60-72(5)6)96-79(84)63-57-51-44-38-34-30-26-24-22-20-18-16-14-12-10-8-2/h71-75,80H,7-70H2,1-6H3,(H,85,86)(H,87,88)/t73-,74-,75-/m1/s1. The summed E-state index contributed by atoms with van der Waals surface area (Å²) in [4.78, 5) is 73.0. The van der Waals surface area contributed by atoms with E-state index in [2.05, 4.69) is 41.5 Å². The number of esters is 4. The number of aliphatic hydroxyl groups excluding tert-OH is 1. The normalized spacial score (nSPS) is 13.9. The van der Waals surface area contributed by atoms with Crippen molar-refractivity contribution in [1.82, 2.24) is 0 Å². The average molecular weight is 1440 g/mol. The van der Waals surface area contributed by atoms with E-state index in [4.69, 9.17) is 37.0 Å². The molecule has 0 aromatic carbocycles. The highest BCUT2D eigenvalue weighted by atomic mass is 31.2. The van der Waals surface area contributed by atoms with Gasteiger partial charge in [-0.1, -0.05) is 363 Å². The summed E-state index contributed by atoms with van der Waals surface area (Å²) in [6.45, 7) is 9.59. The predicted molar refractivity (Wildman–Crippen MR) is 400 cm³/mol. The lowest BCUT2D eigenvalue weighted by Crippen LogP contribution is -2.30. The highest BCUT2D eigenvalue weighted by Gasteiger charge is 2.30. The Balaban J connectivity index is 5.24. The average Bonchev–Trinajstić information content (AvgIpc) is 1.15. The molecule has 5 atom stereocenters. The third-order valence-corrected chi connectivity index (χ3v) is 20.4. The molecule has 0 saturated carbocycles. The minimum Gasteiger partial charge on any atom is -0.462 e. The molecule has 0 saturated heterocycles. The van der Waals surface area contributed by atoms with Crippen LogP contribution in [-0.2, 0) is 65.4 Å². The molecule has 17 nitrogen and oxygen atoms in total. The molecule has 0 rings (SSSR count). The molecule has 0 aromatic rings. The summed E-state index contributed by atoms with van der Waals surface area (Å²) in [5, 5.41) is 10.6. The van der Waals surface area contributed by atoms with Crippen molar-refractivity contribution in [1.29, 1.82) is 0 Å². The molecule has 0 fully saturated rings. The van der Waals surface area contributed by atoms with Crippen LogP contribution in [0.4, 0.5) is 0 Å². The van der Waals surface area contributed by atoms with Gasteiger partial charge in [0.2, 0.25) is 0 Å². The van der Waals surface area contributed by atoms with Crippen molar-refractivity contribution in [2.24, 2.45) is 11.8 Å². The summed E-state index contributed by atoms with van der Waals surface area (Å²) in [7, 11) is -9.92. The van der Waals surface area contributed by atoms with Crippen LogP contribution in [0.25, 0.3) is 0 Å². The van der Waals surface area contributed by atoms with Crippen LogP contribution >= 0.6 is 15.6 Å². The maximum Gasteiger partial charge on any atom is 0.472 e. The summed E-state index contributed by atoms with van der Waals surface area (Å²) in [5.41, 5.74) is 0. The van der Waals surface area contributed by atoms with Crippen LogP contribution in [0.2, 0.25) is 0 Å². The van der Waals surface area contributed by atoms with Gasteiger partial charge in [-0.05, 0) is 37.5 Å². The molecular formula is C79H154O17P2. The van der Waals surface area contributed by atoms with Gasteiger partial charge in [-0.3, -0.25) is 37.3 Å². The van der Waals surface area contributed by atoms with Gasteiger partial charge in [-0.2, -0.15) is 0 Å². The van der Waals surface area contributed by atoms with Gasteiger partial charge >= 0.3 is 39.5 Å². The lowest BCUT2D eigenvalue weighted by atomic mass is 10.0. The quantitative estimate of drug-likeness (QED) is 0.0222. The SMILES string of the molecule is CCCCCCCCCCCCCCCCCCC(=O)OC[C@H](COP(=O)(O)OC[C@@H](O)COP(=O)(O)OC[C@@H](COC(=O)CCCCCCCCCC(C)C)OC(=O)CCCCCCCCCCCCCCCCCC)OC(=O)CCCCCCCCCCCCCCCC(C)C. The van der Waals surface area contributed by atoms with Crippen molar-refractivity contribution in [2.75, 3.05) is 39.6 Å². The second-order valence-electron chi connectivity index (χ2n) is 29.4. The second-order valence-corrected chi connectivity index (χ2v) is 32.3. The fourth-order valence-electron chi connectivity index (χ4n) is 12.2. The van der Waals surface area contributed by atoms with Crippen LogP contribution in [0.3, 0.4) is 0 Å². The lowest BCUT2D eigenvalue weighted by molar-refractivity contribution is -0.161. The first kappa shape index (κ1) is 96.1. The first-order chi connectivity index (χ1) is 47.4. The first-order valence-corrected chi connectivity index (χ1v) is 44.0. The van der Waals surface area contributed by atoms with Gasteiger partial charge in [0.15, 0.2) is 12.2 Å². The van der Waals surface area contributed by atoms with Crippen LogP contribution in [0.5, 0.6) is 0 Å². The van der Waals surface area contributed by atoms with E-state index >= 15 is 0 Å². The smallest absolute Gasteiger partial charge is 0.462 e. The number of carbonyl (C=O) groups is 4. The monoisotopic (exact) mass is 1440 g/mol. The van der Waals surface area contributed by atoms with Crippen molar-refractivity contribution in [3.63, 3.8) is 0 Å². The molecule has 0 spiro atoms. The maximum absolute atomic E-state index is 13.1. The van der Waals surface area contributed by atoms with E-state index in [0.29, 0.717) is 31.6 Å². The molecular weight excluding hydrogens is 1280 g/mol. The maximum atomic E-state index is 13.1. The van der Waals surface area contributed by atoms with Crippen molar-refractivity contribution < 1.29 is 80.2 Å². The highest BCUT2D eigenvalue weighted by molar-refractivity contribution is 7.47. The predicted octanol–water partition coefficient (Wildman–Crippen LogP) is 23.5.